The van der Waals surface area contributed by atoms with Crippen LogP contribution in [0.2, 0.25) is 5.02 Å². The van der Waals surface area contributed by atoms with Gasteiger partial charge in [-0.25, -0.2) is 26.5 Å². The van der Waals surface area contributed by atoms with Crippen LogP contribution in [0.3, 0.4) is 0 Å². The second-order valence-corrected chi connectivity index (χ2v) is 10.2. The number of benzene rings is 2. The third kappa shape index (κ3) is 4.76. The van der Waals surface area contributed by atoms with Gasteiger partial charge in [0.25, 0.3) is 0 Å². The van der Waals surface area contributed by atoms with Crippen LogP contribution in [-0.4, -0.2) is 37.9 Å². The first kappa shape index (κ1) is 20.5. The molecule has 0 aliphatic rings. The van der Waals surface area contributed by atoms with Crippen LogP contribution in [0.1, 0.15) is 11.6 Å². The molecule has 0 aliphatic carbocycles. The zero-order chi connectivity index (χ0) is 20.4. The van der Waals surface area contributed by atoms with Gasteiger partial charge in [-0.1, -0.05) is 41.9 Å². The molecule has 0 saturated carbocycles. The zero-order valence-electron chi connectivity index (χ0n) is 14.7. The molecular weight excluding hydrogens is 424 g/mol. The van der Waals surface area contributed by atoms with E-state index in [2.05, 4.69) is 14.8 Å². The van der Waals surface area contributed by atoms with Crippen molar-refractivity contribution < 1.29 is 16.8 Å². The molecule has 1 unspecified atom stereocenters. The van der Waals surface area contributed by atoms with E-state index >= 15 is 0 Å². The molecule has 0 saturated heterocycles. The van der Waals surface area contributed by atoms with E-state index in [-0.39, 0.29) is 21.4 Å². The van der Waals surface area contributed by atoms with E-state index in [9.17, 15) is 16.8 Å². The molecule has 0 fully saturated rings. The first-order valence-corrected chi connectivity index (χ1v) is 11.8. The fourth-order valence-corrected chi connectivity index (χ4v) is 5.04. The number of rotatable bonds is 7. The monoisotopic (exact) mass is 440 g/mol. The van der Waals surface area contributed by atoms with Gasteiger partial charge in [0, 0.05) is 6.26 Å². The van der Waals surface area contributed by atoms with Gasteiger partial charge < -0.3 is 0 Å². The van der Waals surface area contributed by atoms with Gasteiger partial charge in [0.05, 0.1) is 22.5 Å². The Balaban J connectivity index is 2.00. The number of sulfone groups is 1. The average molecular weight is 441 g/mol. The number of hydrogen-bond donors (Lipinski definition) is 1. The molecular formula is C17H17ClN4O4S2. The van der Waals surface area contributed by atoms with Gasteiger partial charge in [0.15, 0.2) is 9.84 Å². The summed E-state index contributed by atoms with van der Waals surface area (Å²) in [5.74, 6) is 0. The maximum atomic E-state index is 13.0. The van der Waals surface area contributed by atoms with Crippen molar-refractivity contribution in [2.24, 2.45) is 0 Å². The van der Waals surface area contributed by atoms with Gasteiger partial charge in [-0.3, -0.25) is 4.68 Å². The van der Waals surface area contributed by atoms with Gasteiger partial charge in [-0.15, -0.1) is 0 Å². The van der Waals surface area contributed by atoms with E-state index in [0.29, 0.717) is 5.56 Å². The predicted octanol–water partition coefficient (Wildman–Crippen LogP) is 2.05. The summed E-state index contributed by atoms with van der Waals surface area (Å²) in [6, 6.07) is 11.8. The van der Waals surface area contributed by atoms with Gasteiger partial charge >= 0.3 is 0 Å². The third-order valence-corrected chi connectivity index (χ3v) is 7.02. The van der Waals surface area contributed by atoms with Crippen LogP contribution in [0.15, 0.2) is 71.0 Å². The van der Waals surface area contributed by atoms with Crippen LogP contribution >= 0.6 is 11.6 Å². The van der Waals surface area contributed by atoms with Crippen LogP contribution in [0.4, 0.5) is 0 Å². The van der Waals surface area contributed by atoms with E-state index in [1.807, 2.05) is 6.07 Å². The van der Waals surface area contributed by atoms with Crippen molar-refractivity contribution in [2.75, 3.05) is 6.26 Å². The Labute approximate surface area is 168 Å². The normalized spacial score (nSPS) is 13.4. The Morgan fingerprint density at radius 3 is 2.43 bits per heavy atom. The maximum absolute atomic E-state index is 13.0. The van der Waals surface area contributed by atoms with Crippen molar-refractivity contribution in [3.05, 3.63) is 71.8 Å². The summed E-state index contributed by atoms with van der Waals surface area (Å²) in [6.07, 6.45) is 3.82. The second-order valence-electron chi connectivity index (χ2n) is 6.07. The van der Waals surface area contributed by atoms with Crippen LogP contribution in [-0.2, 0) is 26.4 Å². The van der Waals surface area contributed by atoms with Crippen LogP contribution in [0, 0.1) is 0 Å². The molecule has 1 atom stereocenters. The maximum Gasteiger partial charge on any atom is 0.242 e. The highest BCUT2D eigenvalue weighted by atomic mass is 35.5. The molecule has 28 heavy (non-hydrogen) atoms. The SMILES string of the molecule is CS(=O)(=O)c1ccc(Cl)c(S(=O)(=O)NC(Cn2cncn2)c2ccccc2)c1. The summed E-state index contributed by atoms with van der Waals surface area (Å²) in [6.45, 7) is 0.187. The van der Waals surface area contributed by atoms with Crippen molar-refractivity contribution in [1.82, 2.24) is 19.5 Å². The fourth-order valence-electron chi connectivity index (χ4n) is 2.58. The van der Waals surface area contributed by atoms with E-state index in [1.165, 1.54) is 29.5 Å². The Morgan fingerprint density at radius 1 is 1.11 bits per heavy atom. The molecule has 0 aliphatic heterocycles. The Hall–Kier alpha value is -2.27. The van der Waals surface area contributed by atoms with E-state index in [4.69, 9.17) is 11.6 Å². The molecule has 8 nitrogen and oxygen atoms in total. The van der Waals surface area contributed by atoms with Crippen LogP contribution in [0.5, 0.6) is 0 Å². The highest BCUT2D eigenvalue weighted by Crippen LogP contribution is 2.27. The highest BCUT2D eigenvalue weighted by molar-refractivity contribution is 7.91. The smallest absolute Gasteiger partial charge is 0.242 e. The number of nitrogens with one attached hydrogen (secondary N) is 1. The summed E-state index contributed by atoms with van der Waals surface area (Å²) < 4.78 is 53.7. The predicted molar refractivity (Wildman–Crippen MR) is 104 cm³/mol. The Bertz CT molecular complexity index is 1170. The largest absolute Gasteiger partial charge is 0.251 e. The third-order valence-electron chi connectivity index (χ3n) is 3.96. The standard InChI is InChI=1S/C17H17ClN4O4S2/c1-27(23,24)14-7-8-15(18)17(9-14)28(25,26)21-16(10-22-12-19-11-20-22)13-5-3-2-4-6-13/h2-9,11-12,16,21H,10H2,1H3. The summed E-state index contributed by atoms with van der Waals surface area (Å²) in [4.78, 5) is 3.42. The lowest BCUT2D eigenvalue weighted by Gasteiger charge is -2.20. The highest BCUT2D eigenvalue weighted by Gasteiger charge is 2.25. The summed E-state index contributed by atoms with van der Waals surface area (Å²) in [5.41, 5.74) is 0.706. The topological polar surface area (TPSA) is 111 Å². The van der Waals surface area contributed by atoms with Crippen LogP contribution in [0.25, 0.3) is 0 Å². The molecule has 3 rings (SSSR count). The van der Waals surface area contributed by atoms with Gasteiger partial charge in [-0.05, 0) is 23.8 Å². The average Bonchev–Trinajstić information content (AvgIpc) is 3.14. The zero-order valence-corrected chi connectivity index (χ0v) is 17.1. The minimum Gasteiger partial charge on any atom is -0.251 e. The number of hydrogen-bond acceptors (Lipinski definition) is 6. The summed E-state index contributed by atoms with van der Waals surface area (Å²) >= 11 is 6.06. The molecule has 1 aromatic heterocycles. The van der Waals surface area contributed by atoms with Gasteiger partial charge in [0.1, 0.15) is 17.6 Å². The summed E-state index contributed by atoms with van der Waals surface area (Å²) in [5, 5.41) is 3.94. The molecule has 3 aromatic rings. The Morgan fingerprint density at radius 2 is 1.82 bits per heavy atom. The minimum absolute atomic E-state index is 0.0764. The quantitative estimate of drug-likeness (QED) is 0.601. The molecule has 0 amide bonds. The van der Waals surface area contributed by atoms with E-state index in [1.54, 1.807) is 24.3 Å². The Kier molecular flexibility index (Phi) is 5.84. The minimum atomic E-state index is -4.13. The number of nitrogens with zero attached hydrogens (tertiary/aromatic N) is 3. The van der Waals surface area contributed by atoms with Crippen molar-refractivity contribution in [3.8, 4) is 0 Å². The lowest BCUT2D eigenvalue weighted by molar-refractivity contribution is 0.482. The number of halogens is 1. The van der Waals surface area contributed by atoms with Crippen molar-refractivity contribution in [2.45, 2.75) is 22.4 Å². The van der Waals surface area contributed by atoms with Crippen molar-refractivity contribution in [3.63, 3.8) is 0 Å². The molecule has 11 heteroatoms. The molecule has 0 bridgehead atoms. The fraction of sp³-hybridized carbons (Fsp3) is 0.176. The molecule has 148 valence electrons. The molecule has 2 aromatic carbocycles. The lowest BCUT2D eigenvalue weighted by atomic mass is 10.1. The van der Waals surface area contributed by atoms with E-state index < -0.39 is 25.9 Å². The lowest BCUT2D eigenvalue weighted by Crippen LogP contribution is -2.32. The van der Waals surface area contributed by atoms with E-state index in [0.717, 1.165) is 12.3 Å². The van der Waals surface area contributed by atoms with Gasteiger partial charge in [0.2, 0.25) is 10.0 Å². The molecule has 1 N–H and O–H groups in total. The second kappa shape index (κ2) is 8.00. The first-order chi connectivity index (χ1) is 13.2. The van der Waals surface area contributed by atoms with Crippen molar-refractivity contribution >= 4 is 31.5 Å². The van der Waals surface area contributed by atoms with Gasteiger partial charge in [-0.2, -0.15) is 5.10 Å². The molecule has 1 heterocycles. The first-order valence-electron chi connectivity index (χ1n) is 8.06. The molecule has 0 radical (unpaired) electrons. The summed E-state index contributed by atoms with van der Waals surface area (Å²) in [7, 11) is -7.73. The number of aromatic nitrogens is 3. The molecule has 0 spiro atoms. The van der Waals surface area contributed by atoms with Crippen LogP contribution < -0.4 is 4.72 Å². The van der Waals surface area contributed by atoms with Crippen molar-refractivity contribution in [1.29, 1.82) is 0 Å². The number of sulfonamides is 1.